The fourth-order valence-corrected chi connectivity index (χ4v) is 2.68. The lowest BCUT2D eigenvalue weighted by atomic mass is 9.94. The second-order valence-electron chi connectivity index (χ2n) is 5.09. The molecule has 2 atom stereocenters. The van der Waals surface area contributed by atoms with E-state index in [0.717, 1.165) is 43.1 Å². The van der Waals surface area contributed by atoms with Gasteiger partial charge in [0.15, 0.2) is 11.5 Å². The molecule has 0 amide bonds. The van der Waals surface area contributed by atoms with Crippen molar-refractivity contribution < 1.29 is 14.2 Å². The lowest BCUT2D eigenvalue weighted by Gasteiger charge is -2.23. The Labute approximate surface area is 113 Å². The predicted molar refractivity (Wildman–Crippen MR) is 71.0 cm³/mol. The van der Waals surface area contributed by atoms with E-state index < -0.39 is 0 Å². The maximum atomic E-state index is 5.70. The van der Waals surface area contributed by atoms with Crippen LogP contribution in [0.5, 0.6) is 11.5 Å². The molecule has 19 heavy (non-hydrogen) atoms. The second kappa shape index (κ2) is 5.77. The van der Waals surface area contributed by atoms with Crippen molar-refractivity contribution in [3.05, 3.63) is 23.8 Å². The number of nitrogens with one attached hydrogen (secondary N) is 1. The van der Waals surface area contributed by atoms with Gasteiger partial charge in [0.05, 0.1) is 0 Å². The molecule has 5 heteroatoms. The summed E-state index contributed by atoms with van der Waals surface area (Å²) < 4.78 is 16.6. The van der Waals surface area contributed by atoms with Gasteiger partial charge in [-0.05, 0) is 36.5 Å². The van der Waals surface area contributed by atoms with Crippen LogP contribution < -0.4 is 20.7 Å². The quantitative estimate of drug-likeness (QED) is 0.635. The highest BCUT2D eigenvalue weighted by Gasteiger charge is 2.22. The molecule has 1 aromatic rings. The van der Waals surface area contributed by atoms with Gasteiger partial charge in [0.2, 0.25) is 0 Å². The number of fused-ring (bicyclic) bond motifs is 1. The Balaban J connectivity index is 1.74. The average molecular weight is 264 g/mol. The highest BCUT2D eigenvalue weighted by atomic mass is 16.6. The van der Waals surface area contributed by atoms with E-state index in [1.54, 1.807) is 0 Å². The van der Waals surface area contributed by atoms with E-state index in [4.69, 9.17) is 20.1 Å². The molecule has 1 saturated heterocycles. The van der Waals surface area contributed by atoms with Gasteiger partial charge in [-0.1, -0.05) is 6.07 Å². The topological polar surface area (TPSA) is 65.7 Å². The summed E-state index contributed by atoms with van der Waals surface area (Å²) in [7, 11) is 0. The Morgan fingerprint density at radius 2 is 2.05 bits per heavy atom. The van der Waals surface area contributed by atoms with Gasteiger partial charge in [0.25, 0.3) is 0 Å². The van der Waals surface area contributed by atoms with Crippen molar-refractivity contribution in [1.29, 1.82) is 0 Å². The average Bonchev–Trinajstić information content (AvgIpc) is 2.97. The third-order valence-corrected chi connectivity index (χ3v) is 3.76. The lowest BCUT2D eigenvalue weighted by molar-refractivity contribution is 0.171. The van der Waals surface area contributed by atoms with Crippen LogP contribution in [-0.4, -0.2) is 26.4 Å². The molecule has 0 radical (unpaired) electrons. The van der Waals surface area contributed by atoms with Crippen molar-refractivity contribution in [2.24, 2.45) is 11.8 Å². The fraction of sp³-hybridized carbons (Fsp3) is 0.571. The van der Waals surface area contributed by atoms with E-state index in [9.17, 15) is 0 Å². The summed E-state index contributed by atoms with van der Waals surface area (Å²) in [5, 5.41) is 0. The Hall–Kier alpha value is -1.30. The molecular formula is C14H20N2O3. The van der Waals surface area contributed by atoms with Gasteiger partial charge in [0, 0.05) is 19.3 Å². The number of hydrogen-bond donors (Lipinski definition) is 2. The van der Waals surface area contributed by atoms with Crippen molar-refractivity contribution in [3.8, 4) is 11.5 Å². The van der Waals surface area contributed by atoms with Crippen LogP contribution in [0, 0.1) is 5.92 Å². The monoisotopic (exact) mass is 264 g/mol. The second-order valence-corrected chi connectivity index (χ2v) is 5.09. The van der Waals surface area contributed by atoms with Gasteiger partial charge < -0.3 is 14.2 Å². The Morgan fingerprint density at radius 3 is 2.79 bits per heavy atom. The molecule has 2 unspecified atom stereocenters. The molecule has 3 N–H and O–H groups in total. The molecule has 0 aromatic heterocycles. The number of hydrazine groups is 1. The van der Waals surface area contributed by atoms with E-state index in [0.29, 0.717) is 19.1 Å². The summed E-state index contributed by atoms with van der Waals surface area (Å²) in [6.45, 7) is 2.92. The minimum Gasteiger partial charge on any atom is -0.486 e. The SMILES string of the molecule is NNC(CC1CCOC1)c1ccc2c(c1)OCCO2. The van der Waals surface area contributed by atoms with Crippen LogP contribution in [0.1, 0.15) is 24.4 Å². The molecule has 0 saturated carbocycles. The molecule has 0 aliphatic carbocycles. The van der Waals surface area contributed by atoms with Crippen LogP contribution in [-0.2, 0) is 4.74 Å². The third-order valence-electron chi connectivity index (χ3n) is 3.76. The zero-order valence-corrected chi connectivity index (χ0v) is 10.9. The minimum absolute atomic E-state index is 0.127. The molecule has 0 spiro atoms. The maximum absolute atomic E-state index is 5.70. The molecule has 2 aliphatic rings. The summed E-state index contributed by atoms with van der Waals surface area (Å²) in [5.74, 6) is 7.90. The summed E-state index contributed by atoms with van der Waals surface area (Å²) in [5.41, 5.74) is 4.04. The smallest absolute Gasteiger partial charge is 0.161 e. The Bertz CT molecular complexity index is 433. The van der Waals surface area contributed by atoms with Gasteiger partial charge in [-0.15, -0.1) is 0 Å². The van der Waals surface area contributed by atoms with Gasteiger partial charge >= 0.3 is 0 Å². The highest BCUT2D eigenvalue weighted by Crippen LogP contribution is 2.34. The summed E-state index contributed by atoms with van der Waals surface area (Å²) in [6.07, 6.45) is 2.10. The van der Waals surface area contributed by atoms with Crippen LogP contribution in [0.4, 0.5) is 0 Å². The van der Waals surface area contributed by atoms with E-state index >= 15 is 0 Å². The highest BCUT2D eigenvalue weighted by molar-refractivity contribution is 5.44. The first-order valence-electron chi connectivity index (χ1n) is 6.80. The lowest BCUT2D eigenvalue weighted by Crippen LogP contribution is -2.30. The van der Waals surface area contributed by atoms with Gasteiger partial charge in [-0.3, -0.25) is 11.3 Å². The molecule has 2 heterocycles. The normalized spacial score (nSPS) is 23.3. The Kier molecular flexibility index (Phi) is 3.87. The minimum atomic E-state index is 0.127. The van der Waals surface area contributed by atoms with Crippen LogP contribution in [0.3, 0.4) is 0 Å². The number of rotatable bonds is 4. The van der Waals surface area contributed by atoms with E-state index in [-0.39, 0.29) is 6.04 Å². The first kappa shape index (κ1) is 12.7. The summed E-state index contributed by atoms with van der Waals surface area (Å²) in [6, 6.07) is 6.16. The van der Waals surface area contributed by atoms with Crippen LogP contribution >= 0.6 is 0 Å². The number of hydrogen-bond acceptors (Lipinski definition) is 5. The molecule has 1 aromatic carbocycles. The van der Waals surface area contributed by atoms with E-state index in [2.05, 4.69) is 5.43 Å². The van der Waals surface area contributed by atoms with Crippen LogP contribution in [0.25, 0.3) is 0 Å². The number of benzene rings is 1. The van der Waals surface area contributed by atoms with Crippen molar-refractivity contribution >= 4 is 0 Å². The zero-order valence-electron chi connectivity index (χ0n) is 10.9. The first-order chi connectivity index (χ1) is 9.36. The fourth-order valence-electron chi connectivity index (χ4n) is 2.68. The predicted octanol–water partition coefficient (Wildman–Crippen LogP) is 1.39. The molecule has 104 valence electrons. The molecule has 2 aliphatic heterocycles. The van der Waals surface area contributed by atoms with Crippen LogP contribution in [0.2, 0.25) is 0 Å². The largest absolute Gasteiger partial charge is 0.486 e. The molecule has 0 bridgehead atoms. The van der Waals surface area contributed by atoms with Crippen LogP contribution in [0.15, 0.2) is 18.2 Å². The summed E-state index contributed by atoms with van der Waals surface area (Å²) >= 11 is 0. The molecule has 3 rings (SSSR count). The van der Waals surface area contributed by atoms with Gasteiger partial charge in [-0.25, -0.2) is 0 Å². The standard InChI is InChI=1S/C14H20N2O3/c15-16-12(7-10-3-4-17-9-10)11-1-2-13-14(8-11)19-6-5-18-13/h1-2,8,10,12,16H,3-7,9,15H2. The summed E-state index contributed by atoms with van der Waals surface area (Å²) in [4.78, 5) is 0. The van der Waals surface area contributed by atoms with E-state index in [1.165, 1.54) is 0 Å². The van der Waals surface area contributed by atoms with E-state index in [1.807, 2.05) is 18.2 Å². The number of nitrogens with two attached hydrogens (primary N) is 1. The van der Waals surface area contributed by atoms with Gasteiger partial charge in [0.1, 0.15) is 13.2 Å². The zero-order chi connectivity index (χ0) is 13.1. The van der Waals surface area contributed by atoms with Crippen molar-refractivity contribution in [2.75, 3.05) is 26.4 Å². The van der Waals surface area contributed by atoms with Crippen molar-refractivity contribution in [2.45, 2.75) is 18.9 Å². The first-order valence-corrected chi connectivity index (χ1v) is 6.80. The molecular weight excluding hydrogens is 244 g/mol. The molecule has 5 nitrogen and oxygen atoms in total. The molecule has 1 fully saturated rings. The van der Waals surface area contributed by atoms with Gasteiger partial charge in [-0.2, -0.15) is 0 Å². The Morgan fingerprint density at radius 1 is 1.21 bits per heavy atom. The number of ether oxygens (including phenoxy) is 3. The van der Waals surface area contributed by atoms with Crippen molar-refractivity contribution in [1.82, 2.24) is 5.43 Å². The maximum Gasteiger partial charge on any atom is 0.161 e. The van der Waals surface area contributed by atoms with Crippen molar-refractivity contribution in [3.63, 3.8) is 0 Å². The third kappa shape index (κ3) is 2.83.